The zero-order valence-corrected chi connectivity index (χ0v) is 15.3. The van der Waals surface area contributed by atoms with Crippen molar-refractivity contribution in [2.45, 2.75) is 43.2 Å². The Morgan fingerprint density at radius 3 is 2.44 bits per heavy atom. The highest BCUT2D eigenvalue weighted by Crippen LogP contribution is 2.19. The number of hydrogen-bond acceptors (Lipinski definition) is 5. The minimum absolute atomic E-state index is 0.0582. The highest BCUT2D eigenvalue weighted by Gasteiger charge is 2.35. The van der Waals surface area contributed by atoms with Gasteiger partial charge in [-0.3, -0.25) is 10.2 Å². The monoisotopic (exact) mass is 366 g/mol. The molecule has 2 aliphatic heterocycles. The molecule has 0 aromatic heterocycles. The van der Waals surface area contributed by atoms with Gasteiger partial charge < -0.3 is 4.90 Å². The van der Waals surface area contributed by atoms with Gasteiger partial charge in [-0.1, -0.05) is 31.5 Å². The van der Waals surface area contributed by atoms with Crippen molar-refractivity contribution < 1.29 is 13.2 Å². The molecule has 2 heterocycles. The fourth-order valence-corrected chi connectivity index (χ4v) is 4.88. The first-order chi connectivity index (χ1) is 12.0. The van der Waals surface area contributed by atoms with Crippen LogP contribution in [0.25, 0.3) is 0 Å². The number of amides is 1. The van der Waals surface area contributed by atoms with Gasteiger partial charge in [0.1, 0.15) is 6.04 Å². The Labute approximate surface area is 149 Å². The van der Waals surface area contributed by atoms with Crippen LogP contribution < -0.4 is 10.9 Å². The first-order valence-electron chi connectivity index (χ1n) is 8.87. The first kappa shape index (κ1) is 18.3. The molecule has 0 spiro atoms. The van der Waals surface area contributed by atoms with E-state index < -0.39 is 10.0 Å². The number of sulfonamides is 1. The summed E-state index contributed by atoms with van der Waals surface area (Å²) in [6.07, 6.45) is 2.91. The molecule has 3 rings (SSSR count). The van der Waals surface area contributed by atoms with Gasteiger partial charge in [0.15, 0.2) is 0 Å². The lowest BCUT2D eigenvalue weighted by molar-refractivity contribution is -0.134. The first-order valence-corrected chi connectivity index (χ1v) is 10.3. The Balaban J connectivity index is 1.56. The lowest BCUT2D eigenvalue weighted by Crippen LogP contribution is -2.54. The predicted molar refractivity (Wildman–Crippen MR) is 95.2 cm³/mol. The minimum atomic E-state index is -3.48. The summed E-state index contributed by atoms with van der Waals surface area (Å²) in [4.78, 5) is 14.7. The molecule has 8 heteroatoms. The topological polar surface area (TPSA) is 81.8 Å². The second-order valence-electron chi connectivity index (χ2n) is 6.60. The van der Waals surface area contributed by atoms with Gasteiger partial charge in [-0.25, -0.2) is 13.8 Å². The van der Waals surface area contributed by atoms with Gasteiger partial charge in [-0.05, 0) is 25.0 Å². The van der Waals surface area contributed by atoms with Crippen LogP contribution >= 0.6 is 0 Å². The second-order valence-corrected chi connectivity index (χ2v) is 8.54. The molecular weight excluding hydrogens is 340 g/mol. The molecule has 1 aromatic rings. The highest BCUT2D eigenvalue weighted by molar-refractivity contribution is 7.89. The van der Waals surface area contributed by atoms with Crippen molar-refractivity contribution in [3.63, 3.8) is 0 Å². The quantitative estimate of drug-likeness (QED) is 0.796. The maximum atomic E-state index is 12.6. The average Bonchev–Trinajstić information content (AvgIpc) is 3.11. The maximum Gasteiger partial charge on any atom is 0.243 e. The van der Waals surface area contributed by atoms with E-state index in [9.17, 15) is 13.2 Å². The fraction of sp³-hybridized carbons (Fsp3) is 0.588. The summed E-state index contributed by atoms with van der Waals surface area (Å²) >= 11 is 0. The minimum Gasteiger partial charge on any atom is -0.339 e. The molecule has 138 valence electrons. The van der Waals surface area contributed by atoms with Crippen molar-refractivity contribution in [3.8, 4) is 0 Å². The Morgan fingerprint density at radius 1 is 1.12 bits per heavy atom. The number of carbonyl (C=O) groups is 1. The molecule has 2 aliphatic rings. The normalized spacial score (nSPS) is 25.2. The standard InChI is InChI=1S/C17H26N4O3S/c1-2-6-14-13-16(19-18-14)17(22)20-9-11-21(12-10-20)25(23,24)15-7-4-3-5-8-15/h3-5,7-8,14,16,18-19H,2,6,9-13H2,1H3. The van der Waals surface area contributed by atoms with Crippen LogP contribution in [0.2, 0.25) is 0 Å². The molecule has 0 saturated carbocycles. The predicted octanol–water partition coefficient (Wildman–Crippen LogP) is 0.555. The van der Waals surface area contributed by atoms with Crippen molar-refractivity contribution in [1.29, 1.82) is 0 Å². The summed E-state index contributed by atoms with van der Waals surface area (Å²) in [5.41, 5.74) is 6.26. The van der Waals surface area contributed by atoms with Crippen LogP contribution in [-0.2, 0) is 14.8 Å². The number of hydrazine groups is 1. The van der Waals surface area contributed by atoms with Crippen LogP contribution in [0.4, 0.5) is 0 Å². The Morgan fingerprint density at radius 2 is 1.80 bits per heavy atom. The summed E-state index contributed by atoms with van der Waals surface area (Å²) in [6, 6.07) is 8.57. The lowest BCUT2D eigenvalue weighted by atomic mass is 10.1. The molecule has 0 bridgehead atoms. The number of piperazine rings is 1. The molecule has 1 aromatic carbocycles. The van der Waals surface area contributed by atoms with Gasteiger partial charge in [0.2, 0.25) is 15.9 Å². The molecule has 2 atom stereocenters. The molecule has 2 fully saturated rings. The van der Waals surface area contributed by atoms with E-state index in [4.69, 9.17) is 0 Å². The third-order valence-electron chi connectivity index (χ3n) is 4.85. The average molecular weight is 366 g/mol. The smallest absolute Gasteiger partial charge is 0.243 e. The summed E-state index contributed by atoms with van der Waals surface area (Å²) in [6.45, 7) is 3.66. The van der Waals surface area contributed by atoms with E-state index in [1.165, 1.54) is 4.31 Å². The van der Waals surface area contributed by atoms with Gasteiger partial charge in [0.05, 0.1) is 4.90 Å². The summed E-state index contributed by atoms with van der Waals surface area (Å²) < 4.78 is 26.7. The van der Waals surface area contributed by atoms with Crippen LogP contribution in [0.5, 0.6) is 0 Å². The Kier molecular flexibility index (Phi) is 5.73. The van der Waals surface area contributed by atoms with Crippen LogP contribution in [-0.4, -0.2) is 61.8 Å². The number of nitrogens with zero attached hydrogens (tertiary/aromatic N) is 2. The lowest BCUT2D eigenvalue weighted by Gasteiger charge is -2.35. The fourth-order valence-electron chi connectivity index (χ4n) is 3.43. The van der Waals surface area contributed by atoms with E-state index in [-0.39, 0.29) is 11.9 Å². The molecule has 0 aliphatic carbocycles. The molecule has 2 unspecified atom stereocenters. The number of benzene rings is 1. The molecule has 0 radical (unpaired) electrons. The molecule has 2 N–H and O–H groups in total. The maximum absolute atomic E-state index is 12.6. The Hall–Kier alpha value is -1.48. The highest BCUT2D eigenvalue weighted by atomic mass is 32.2. The van der Waals surface area contributed by atoms with Crippen molar-refractivity contribution >= 4 is 15.9 Å². The summed E-state index contributed by atoms with van der Waals surface area (Å²) in [7, 11) is -3.48. The third kappa shape index (κ3) is 4.03. The van der Waals surface area contributed by atoms with Gasteiger partial charge in [0, 0.05) is 32.2 Å². The molecular formula is C17H26N4O3S. The number of rotatable bonds is 5. The number of carbonyl (C=O) groups excluding carboxylic acids is 1. The van der Waals surface area contributed by atoms with Crippen molar-refractivity contribution in [3.05, 3.63) is 30.3 Å². The van der Waals surface area contributed by atoms with Gasteiger partial charge in [-0.15, -0.1) is 0 Å². The zero-order chi connectivity index (χ0) is 17.9. The van der Waals surface area contributed by atoms with E-state index in [0.717, 1.165) is 19.3 Å². The van der Waals surface area contributed by atoms with Crippen LogP contribution in [0.1, 0.15) is 26.2 Å². The molecule has 1 amide bonds. The molecule has 7 nitrogen and oxygen atoms in total. The number of nitrogens with one attached hydrogen (secondary N) is 2. The SMILES string of the molecule is CCCC1CC(C(=O)N2CCN(S(=O)(=O)c3ccccc3)CC2)NN1. The van der Waals surface area contributed by atoms with E-state index in [1.807, 2.05) is 0 Å². The third-order valence-corrected chi connectivity index (χ3v) is 6.76. The van der Waals surface area contributed by atoms with E-state index >= 15 is 0 Å². The van der Waals surface area contributed by atoms with Crippen molar-refractivity contribution in [1.82, 2.24) is 20.1 Å². The largest absolute Gasteiger partial charge is 0.339 e. The van der Waals surface area contributed by atoms with Crippen LogP contribution in [0.3, 0.4) is 0 Å². The van der Waals surface area contributed by atoms with Crippen LogP contribution in [0.15, 0.2) is 35.2 Å². The van der Waals surface area contributed by atoms with Gasteiger partial charge in [0.25, 0.3) is 0 Å². The van der Waals surface area contributed by atoms with E-state index in [1.54, 1.807) is 35.2 Å². The summed E-state index contributed by atoms with van der Waals surface area (Å²) in [5.74, 6) is 0.0582. The van der Waals surface area contributed by atoms with Crippen molar-refractivity contribution in [2.75, 3.05) is 26.2 Å². The summed E-state index contributed by atoms with van der Waals surface area (Å²) in [5, 5.41) is 0. The zero-order valence-electron chi connectivity index (χ0n) is 14.5. The Bertz CT molecular complexity index is 687. The van der Waals surface area contributed by atoms with Gasteiger partial charge >= 0.3 is 0 Å². The van der Waals surface area contributed by atoms with E-state index in [2.05, 4.69) is 17.8 Å². The number of hydrogen-bond donors (Lipinski definition) is 2. The van der Waals surface area contributed by atoms with Crippen molar-refractivity contribution in [2.24, 2.45) is 0 Å². The molecule has 25 heavy (non-hydrogen) atoms. The second kappa shape index (κ2) is 7.82. The van der Waals surface area contributed by atoms with Gasteiger partial charge in [-0.2, -0.15) is 4.31 Å². The molecule has 2 saturated heterocycles. The van der Waals surface area contributed by atoms with E-state index in [0.29, 0.717) is 37.1 Å². The van der Waals surface area contributed by atoms with Crippen LogP contribution in [0, 0.1) is 0 Å².